The Balaban J connectivity index is 0.000000809. The van der Waals surface area contributed by atoms with E-state index in [2.05, 4.69) is 176 Å². The number of fused-ring (bicyclic) bond motifs is 2. The van der Waals surface area contributed by atoms with E-state index >= 15 is 0 Å². The van der Waals surface area contributed by atoms with Crippen molar-refractivity contribution >= 4 is 90.1 Å². The topological polar surface area (TPSA) is 241 Å². The number of anilines is 1. The summed E-state index contributed by atoms with van der Waals surface area (Å²) >= 11 is 1.99. The highest BCUT2D eigenvalue weighted by molar-refractivity contribution is 8.00. The Labute approximate surface area is 725 Å². The minimum absolute atomic E-state index is 0.0306. The number of hydrogen-bond donors (Lipinski definition) is 4. The number of benzene rings is 2. The molecule has 2 aliphatic heterocycles. The van der Waals surface area contributed by atoms with Crippen molar-refractivity contribution in [2.45, 2.75) is 330 Å². The second-order valence-electron chi connectivity index (χ2n) is 32.0. The molecule has 0 radical (unpaired) electrons. The largest absolute Gasteiger partial charge is 0.377 e. The van der Waals surface area contributed by atoms with Crippen LogP contribution in [0.1, 0.15) is 266 Å². The van der Waals surface area contributed by atoms with Crippen molar-refractivity contribution in [1.29, 1.82) is 0 Å². The van der Waals surface area contributed by atoms with Crippen molar-refractivity contribution in [3.63, 3.8) is 0 Å². The van der Waals surface area contributed by atoms with E-state index in [1.165, 1.54) is 25.7 Å². The van der Waals surface area contributed by atoms with E-state index in [9.17, 15) is 22.8 Å². The molecule has 0 saturated carbocycles. The molecule has 2 aliphatic rings. The maximum Gasteiger partial charge on any atom is 0.259 e. The summed E-state index contributed by atoms with van der Waals surface area (Å²) in [7, 11) is -4.23. The Morgan fingerprint density at radius 3 is 1.21 bits per heavy atom. The van der Waals surface area contributed by atoms with E-state index < -0.39 is 44.1 Å². The van der Waals surface area contributed by atoms with Crippen molar-refractivity contribution in [2.24, 2.45) is 5.92 Å². The van der Waals surface area contributed by atoms with Crippen LogP contribution in [0.15, 0.2) is 41.3 Å². The third-order valence-corrected chi connectivity index (χ3v) is 30.4. The zero-order valence-corrected chi connectivity index (χ0v) is 81.3. The van der Waals surface area contributed by atoms with Crippen LogP contribution in [0.5, 0.6) is 0 Å². The number of nitrogens with one attached hydrogen (secondary N) is 4. The number of unbranched alkanes of at least 4 members (excludes halogenated alkanes) is 14. The summed E-state index contributed by atoms with van der Waals surface area (Å²) in [5.41, 5.74) is 0.988. The van der Waals surface area contributed by atoms with Crippen molar-refractivity contribution in [3.05, 3.63) is 82.1 Å². The molecule has 118 heavy (non-hydrogen) atoms. The molecule has 0 bridgehead atoms. The SMILES string of the molecule is [C-]#[N+]CCOP(OCCCCCCC)N(C(C)C)C(C)C.[C-]#[N+]CCOP(OCCCCCCNC(=O)CCCCC1SCC2CC(=O)NC21)N(C(C)C)C(C)C.[C-]#[N+]CCOP(OCCCCCCNC(C)=O)N(C(C)C)C(C)C.[C-]#[N+]CCOP(OCCCCCCNS(=O)(=O)c1cccc2c(N(C)C)cccc12)N(C(C)C)C(C)C. The van der Waals surface area contributed by atoms with Gasteiger partial charge in [0.25, 0.3) is 34.1 Å². The fourth-order valence-corrected chi connectivity index (χ4v) is 23.0. The average Bonchev–Trinajstić information content (AvgIpc) is 1.01. The Kier molecular flexibility index (Phi) is 65.4. The van der Waals surface area contributed by atoms with Gasteiger partial charge in [0, 0.05) is 130 Å². The van der Waals surface area contributed by atoms with E-state index in [0.29, 0.717) is 150 Å². The lowest BCUT2D eigenvalue weighted by Gasteiger charge is -2.35. The van der Waals surface area contributed by atoms with Gasteiger partial charge in [-0.3, -0.25) is 14.4 Å². The average molecular weight is 1770 g/mol. The summed E-state index contributed by atoms with van der Waals surface area (Å²) in [4.78, 5) is 50.2. The van der Waals surface area contributed by atoms with Crippen LogP contribution in [-0.2, 0) is 60.6 Å². The summed E-state index contributed by atoms with van der Waals surface area (Å²) in [5.74, 6) is 1.99. The summed E-state index contributed by atoms with van der Waals surface area (Å²) in [6.45, 7) is 73.3. The molecule has 2 fully saturated rings. The number of hydrogen-bond acceptors (Lipinski definition) is 19. The number of amides is 3. The molecule has 4 N–H and O–H groups in total. The third-order valence-electron chi connectivity index (χ3n) is 18.8. The molecule has 2 heterocycles. The first-order chi connectivity index (χ1) is 56.4. The highest BCUT2D eigenvalue weighted by Gasteiger charge is 2.43. The summed E-state index contributed by atoms with van der Waals surface area (Å²) < 4.78 is 85.7. The molecular weight excluding hydrogens is 1610 g/mol. The summed E-state index contributed by atoms with van der Waals surface area (Å²) in [6, 6.07) is 14.1. The second-order valence-corrected chi connectivity index (χ2v) is 40.8. The van der Waals surface area contributed by atoms with Crippen LogP contribution in [0.25, 0.3) is 30.2 Å². The van der Waals surface area contributed by atoms with E-state index in [-0.39, 0.29) is 29.8 Å². The second kappa shape index (κ2) is 68.7. The maximum atomic E-state index is 13.0. The fourth-order valence-electron chi connectivity index (χ4n) is 13.5. The fraction of sp³-hybridized carbons (Fsp3) is 0.802. The van der Waals surface area contributed by atoms with Crippen LogP contribution in [-0.4, -0.2) is 223 Å². The highest BCUT2D eigenvalue weighted by Crippen LogP contribution is 2.49. The van der Waals surface area contributed by atoms with Gasteiger partial charge >= 0.3 is 0 Å². The number of thioether (sulfide) groups is 1. The Hall–Kier alpha value is -3.63. The molecule has 676 valence electrons. The van der Waals surface area contributed by atoms with Crippen molar-refractivity contribution in [3.8, 4) is 0 Å². The molecule has 2 saturated heterocycles. The first-order valence-electron chi connectivity index (χ1n) is 43.7. The molecule has 0 spiro atoms. The van der Waals surface area contributed by atoms with Gasteiger partial charge < -0.3 is 76.4 Å². The van der Waals surface area contributed by atoms with Crippen molar-refractivity contribution in [2.75, 3.05) is 123 Å². The number of rotatable bonds is 63. The van der Waals surface area contributed by atoms with Gasteiger partial charge in [-0.2, -0.15) is 11.8 Å². The highest BCUT2D eigenvalue weighted by atomic mass is 32.2. The molecule has 7 unspecified atom stereocenters. The molecule has 4 rings (SSSR count). The number of sulfonamides is 1. The summed E-state index contributed by atoms with van der Waals surface area (Å²) in [5, 5.41) is 11.2. The number of nitrogens with zero attached hydrogens (tertiary/aromatic N) is 9. The van der Waals surface area contributed by atoms with Crippen molar-refractivity contribution < 1.29 is 59.0 Å². The lowest BCUT2D eigenvalue weighted by atomic mass is 9.97. The number of carbonyl (C=O) groups excluding carboxylic acids is 3. The van der Waals surface area contributed by atoms with Crippen molar-refractivity contribution in [1.82, 2.24) is 39.4 Å². The Morgan fingerprint density at radius 2 is 0.839 bits per heavy atom. The number of carbonyl (C=O) groups is 3. The molecule has 32 heteroatoms. The maximum absolute atomic E-state index is 13.0. The van der Waals surface area contributed by atoms with Crippen LogP contribution < -0.4 is 25.6 Å². The van der Waals surface area contributed by atoms with Gasteiger partial charge in [-0.15, -0.1) is 0 Å². The van der Waals surface area contributed by atoms with Crippen LogP contribution in [0.2, 0.25) is 0 Å². The van der Waals surface area contributed by atoms with Gasteiger partial charge in [0.1, 0.15) is 26.4 Å². The monoisotopic (exact) mass is 1770 g/mol. The molecule has 3 amide bonds. The molecule has 0 aromatic heterocycles. The normalized spacial score (nSPS) is 15.7. The van der Waals surface area contributed by atoms with Crippen LogP contribution in [0.4, 0.5) is 5.69 Å². The van der Waals surface area contributed by atoms with E-state index in [0.717, 1.165) is 145 Å². The standard InChI is InChI=1S/C27H43N4O4PS.C26H47N4O4PS.C17H34N3O3P.C16H33N2O2P/c1-22(2)31(23(3)4)36(35-21-19-28-5)34-20-11-9-8-10-18-29-37(32,33)27-17-13-14-24-25(27)15-12-16-26(24)30(6)7;1-20(2)30(21(3)4)35(34-17-15-27-5)33-16-11-7-6-10-14-28-24(31)13-9-8-12-23-26-22(19-36-23)18-25(32)29-26;1-15(2)20(16(3)4)24(23-14-12-18-6)22-13-10-8-7-9-11-19-17(5)21;1-7-8-9-10-11-13-19-21(20-14-12-17-6)18(15(2)3)16(4)5/h12-17,22-23,29H,8-11,18-21H2,1-4,6-7H3;20-23,26H,6-19H2,1-4H3,(H,28,31)(H,29,32);15-16H,7-14H2,1-5H3,(H,19,21);15-16H,7-14H2,1-5H3. The minimum Gasteiger partial charge on any atom is -0.377 e. The smallest absolute Gasteiger partial charge is 0.259 e. The van der Waals surface area contributed by atoms with Gasteiger partial charge in [-0.25, -0.2) is 58.1 Å². The molecule has 0 aliphatic carbocycles. The van der Waals surface area contributed by atoms with E-state index in [4.69, 9.17) is 62.5 Å². The molecule has 7 atom stereocenters. The first kappa shape index (κ1) is 112. The van der Waals surface area contributed by atoms with Crippen LogP contribution in [0.3, 0.4) is 0 Å². The van der Waals surface area contributed by atoms with Gasteiger partial charge in [0.15, 0.2) is 0 Å². The first-order valence-corrected chi connectivity index (χ1v) is 50.7. The lowest BCUT2D eigenvalue weighted by molar-refractivity contribution is -0.121. The molecule has 2 aromatic rings. The molecule has 26 nitrogen and oxygen atoms in total. The Morgan fingerprint density at radius 1 is 0.483 bits per heavy atom. The molecular formula is C86H157N13O13P4S2. The third kappa shape index (κ3) is 49.2. The lowest BCUT2D eigenvalue weighted by Crippen LogP contribution is -2.34. The summed E-state index contributed by atoms with van der Waals surface area (Å²) in [6.07, 6.45) is 22.2. The zero-order valence-electron chi connectivity index (χ0n) is 76.1. The van der Waals surface area contributed by atoms with Gasteiger partial charge in [-0.05, 0) is 192 Å². The van der Waals surface area contributed by atoms with Crippen LogP contribution >= 0.6 is 45.9 Å². The Bertz CT molecular complexity index is 3230. The van der Waals surface area contributed by atoms with Gasteiger partial charge in [-0.1, -0.05) is 102 Å². The zero-order chi connectivity index (χ0) is 88.2. The predicted octanol–water partition coefficient (Wildman–Crippen LogP) is 20.4. The van der Waals surface area contributed by atoms with E-state index in [1.54, 1.807) is 19.1 Å². The minimum atomic E-state index is -3.61. The van der Waals surface area contributed by atoms with E-state index in [1.807, 2.05) is 55.0 Å². The quantitative estimate of drug-likeness (QED) is 0.0273. The van der Waals surface area contributed by atoms with Gasteiger partial charge in [0.05, 0.1) is 31.3 Å². The molecule has 2 aromatic carbocycles. The van der Waals surface area contributed by atoms with Crippen LogP contribution in [0, 0.1) is 32.2 Å². The predicted molar refractivity (Wildman–Crippen MR) is 494 cm³/mol. The van der Waals surface area contributed by atoms with Gasteiger partial charge in [0.2, 0.25) is 53.9 Å².